The number of nitrogens with zero attached hydrogens (tertiary/aromatic N) is 4. The highest BCUT2D eigenvalue weighted by Gasteiger charge is 2.30. The highest BCUT2D eigenvalue weighted by molar-refractivity contribution is 6.04. The first-order chi connectivity index (χ1) is 18.0. The summed E-state index contributed by atoms with van der Waals surface area (Å²) in [7, 11) is 0. The molecule has 0 radical (unpaired) electrons. The summed E-state index contributed by atoms with van der Waals surface area (Å²) in [6, 6.07) is 15.0. The van der Waals surface area contributed by atoms with E-state index in [1.807, 2.05) is 49.4 Å². The molecule has 2 N–H and O–H groups in total. The number of hydrogen-bond acceptors (Lipinski definition) is 6. The smallest absolute Gasteiger partial charge is 0.255 e. The highest BCUT2D eigenvalue weighted by Crippen LogP contribution is 2.39. The van der Waals surface area contributed by atoms with E-state index in [4.69, 9.17) is 4.98 Å². The third-order valence-electron chi connectivity index (χ3n) is 6.66. The Morgan fingerprint density at radius 3 is 2.49 bits per heavy atom. The van der Waals surface area contributed by atoms with Gasteiger partial charge in [0.15, 0.2) is 0 Å². The predicted octanol–water partition coefficient (Wildman–Crippen LogP) is 5.39. The fraction of sp³-hybridized carbons (Fsp3) is 0.241. The van der Waals surface area contributed by atoms with E-state index in [9.17, 15) is 9.59 Å². The lowest BCUT2D eigenvalue weighted by Gasteiger charge is -2.11. The van der Waals surface area contributed by atoms with Crippen molar-refractivity contribution in [3.8, 4) is 22.5 Å². The number of rotatable bonds is 7. The Labute approximate surface area is 214 Å². The summed E-state index contributed by atoms with van der Waals surface area (Å²) in [5.41, 5.74) is 6.11. The average molecular weight is 491 g/mol. The second-order valence-electron chi connectivity index (χ2n) is 9.66. The monoisotopic (exact) mass is 490 g/mol. The van der Waals surface area contributed by atoms with E-state index >= 15 is 0 Å². The van der Waals surface area contributed by atoms with Gasteiger partial charge < -0.3 is 10.6 Å². The standard InChI is InChI=1S/C29H26N6O2/c1-17-23(15-22(16-32-17)33-29(37)21-10-11-30-26(13-21)18-5-6-18)25-4-2-3-24(34-25)20-9-12-31-27(14-20)35-28(36)19-7-8-19/h2-4,9-16,18-19H,5-8H2,1H3,(H,33,37)(H,31,35,36). The molecule has 184 valence electrons. The fourth-order valence-corrected chi connectivity index (χ4v) is 4.23. The lowest BCUT2D eigenvalue weighted by atomic mass is 10.1. The highest BCUT2D eigenvalue weighted by atomic mass is 16.2. The molecular formula is C29H26N6O2. The summed E-state index contributed by atoms with van der Waals surface area (Å²) < 4.78 is 0. The topological polar surface area (TPSA) is 110 Å². The van der Waals surface area contributed by atoms with Gasteiger partial charge in [0.25, 0.3) is 5.91 Å². The second-order valence-corrected chi connectivity index (χ2v) is 9.66. The van der Waals surface area contributed by atoms with E-state index in [0.29, 0.717) is 23.0 Å². The van der Waals surface area contributed by atoms with E-state index in [1.54, 1.807) is 24.7 Å². The van der Waals surface area contributed by atoms with Gasteiger partial charge in [-0.3, -0.25) is 19.6 Å². The van der Waals surface area contributed by atoms with E-state index in [-0.39, 0.29) is 17.7 Å². The lowest BCUT2D eigenvalue weighted by molar-refractivity contribution is -0.117. The molecule has 37 heavy (non-hydrogen) atoms. The number of amides is 2. The van der Waals surface area contributed by atoms with Crippen molar-refractivity contribution in [3.05, 3.63) is 84.1 Å². The molecular weight excluding hydrogens is 464 g/mol. The van der Waals surface area contributed by atoms with Crippen LogP contribution in [-0.4, -0.2) is 31.8 Å². The van der Waals surface area contributed by atoms with Crippen molar-refractivity contribution in [3.63, 3.8) is 0 Å². The minimum Gasteiger partial charge on any atom is -0.321 e. The van der Waals surface area contributed by atoms with Gasteiger partial charge in [-0.2, -0.15) is 0 Å². The summed E-state index contributed by atoms with van der Waals surface area (Å²) in [4.78, 5) is 43.1. The number of aryl methyl sites for hydroxylation is 1. The van der Waals surface area contributed by atoms with Crippen molar-refractivity contribution in [2.45, 2.75) is 38.5 Å². The summed E-state index contributed by atoms with van der Waals surface area (Å²) in [5, 5.41) is 5.85. The number of carbonyl (C=O) groups is 2. The summed E-state index contributed by atoms with van der Waals surface area (Å²) in [6.45, 7) is 1.91. The Morgan fingerprint density at radius 2 is 1.68 bits per heavy atom. The van der Waals surface area contributed by atoms with Gasteiger partial charge in [0.2, 0.25) is 5.91 Å². The Kier molecular flexibility index (Phi) is 5.92. The Hall–Kier alpha value is -4.46. The van der Waals surface area contributed by atoms with Crippen LogP contribution < -0.4 is 10.6 Å². The van der Waals surface area contributed by atoms with Crippen molar-refractivity contribution in [2.24, 2.45) is 5.92 Å². The third-order valence-corrected chi connectivity index (χ3v) is 6.66. The molecule has 4 aromatic rings. The fourth-order valence-electron chi connectivity index (χ4n) is 4.23. The van der Waals surface area contributed by atoms with Gasteiger partial charge in [-0.05, 0) is 75.1 Å². The zero-order chi connectivity index (χ0) is 25.4. The van der Waals surface area contributed by atoms with Crippen LogP contribution in [0.2, 0.25) is 0 Å². The van der Waals surface area contributed by atoms with E-state index in [0.717, 1.165) is 59.6 Å². The van der Waals surface area contributed by atoms with Crippen LogP contribution in [0.5, 0.6) is 0 Å². The number of carbonyl (C=O) groups excluding carboxylic acids is 2. The lowest BCUT2D eigenvalue weighted by Crippen LogP contribution is -2.14. The molecule has 2 aliphatic rings. The van der Waals surface area contributed by atoms with Crippen LogP contribution in [0.15, 0.2) is 67.1 Å². The van der Waals surface area contributed by atoms with E-state index < -0.39 is 0 Å². The van der Waals surface area contributed by atoms with Crippen LogP contribution in [0, 0.1) is 12.8 Å². The van der Waals surface area contributed by atoms with E-state index in [1.165, 1.54) is 0 Å². The molecule has 8 heteroatoms. The van der Waals surface area contributed by atoms with Crippen molar-refractivity contribution in [2.75, 3.05) is 10.6 Å². The molecule has 0 spiro atoms. The molecule has 2 saturated carbocycles. The van der Waals surface area contributed by atoms with Crippen LogP contribution in [0.4, 0.5) is 11.5 Å². The van der Waals surface area contributed by atoms with Gasteiger partial charge in [-0.25, -0.2) is 9.97 Å². The normalized spacial score (nSPS) is 14.7. The number of anilines is 2. The van der Waals surface area contributed by atoms with Gasteiger partial charge in [0, 0.05) is 52.3 Å². The maximum absolute atomic E-state index is 12.9. The Balaban J connectivity index is 1.24. The summed E-state index contributed by atoms with van der Waals surface area (Å²) in [6.07, 6.45) is 9.15. The van der Waals surface area contributed by atoms with Gasteiger partial charge in [-0.1, -0.05) is 6.07 Å². The molecule has 0 unspecified atom stereocenters. The predicted molar refractivity (Wildman–Crippen MR) is 141 cm³/mol. The molecule has 0 aliphatic heterocycles. The van der Waals surface area contributed by atoms with Crippen LogP contribution in [0.3, 0.4) is 0 Å². The zero-order valence-corrected chi connectivity index (χ0v) is 20.4. The molecule has 2 amide bonds. The third kappa shape index (κ3) is 5.23. The Bertz CT molecular complexity index is 1510. The van der Waals surface area contributed by atoms with Crippen molar-refractivity contribution in [1.29, 1.82) is 0 Å². The zero-order valence-electron chi connectivity index (χ0n) is 20.4. The molecule has 6 rings (SSSR count). The minimum atomic E-state index is -0.194. The Morgan fingerprint density at radius 1 is 0.865 bits per heavy atom. The first kappa shape index (κ1) is 23.0. The SMILES string of the molecule is Cc1ncc(NC(=O)c2ccnc(C3CC3)c2)cc1-c1cccc(-c2ccnc(NC(=O)C3CC3)c2)n1. The number of nitrogens with one attached hydrogen (secondary N) is 2. The van der Waals surface area contributed by atoms with E-state index in [2.05, 4.69) is 25.6 Å². The molecule has 0 aromatic carbocycles. The number of hydrogen-bond donors (Lipinski definition) is 2. The average Bonchev–Trinajstić information content (AvgIpc) is 3.83. The van der Waals surface area contributed by atoms with Crippen molar-refractivity contribution < 1.29 is 9.59 Å². The number of aromatic nitrogens is 4. The van der Waals surface area contributed by atoms with Crippen molar-refractivity contribution >= 4 is 23.3 Å². The van der Waals surface area contributed by atoms with Crippen LogP contribution in [-0.2, 0) is 4.79 Å². The van der Waals surface area contributed by atoms with Gasteiger partial charge in [0.1, 0.15) is 5.82 Å². The molecule has 2 fully saturated rings. The van der Waals surface area contributed by atoms with Gasteiger partial charge in [0.05, 0.1) is 23.3 Å². The molecule has 4 aromatic heterocycles. The van der Waals surface area contributed by atoms with Crippen LogP contribution >= 0.6 is 0 Å². The molecule has 0 atom stereocenters. The molecule has 4 heterocycles. The van der Waals surface area contributed by atoms with Crippen molar-refractivity contribution in [1.82, 2.24) is 19.9 Å². The maximum atomic E-state index is 12.9. The van der Waals surface area contributed by atoms with Gasteiger partial charge >= 0.3 is 0 Å². The summed E-state index contributed by atoms with van der Waals surface area (Å²) in [5.74, 6) is 0.923. The number of pyridine rings is 4. The molecule has 8 nitrogen and oxygen atoms in total. The van der Waals surface area contributed by atoms with Crippen LogP contribution in [0.1, 0.15) is 53.3 Å². The van der Waals surface area contributed by atoms with Crippen LogP contribution in [0.25, 0.3) is 22.5 Å². The molecule has 2 aliphatic carbocycles. The first-order valence-electron chi connectivity index (χ1n) is 12.5. The second kappa shape index (κ2) is 9.54. The molecule has 0 saturated heterocycles. The first-order valence-corrected chi connectivity index (χ1v) is 12.5. The largest absolute Gasteiger partial charge is 0.321 e. The summed E-state index contributed by atoms with van der Waals surface area (Å²) >= 11 is 0. The van der Waals surface area contributed by atoms with Gasteiger partial charge in [-0.15, -0.1) is 0 Å². The molecule has 0 bridgehead atoms. The maximum Gasteiger partial charge on any atom is 0.255 e. The quantitative estimate of drug-likeness (QED) is 0.360. The minimum absolute atomic E-state index is 0.0162.